The van der Waals surface area contributed by atoms with Gasteiger partial charge in [-0.25, -0.2) is 0 Å². The van der Waals surface area contributed by atoms with Gasteiger partial charge in [-0.1, -0.05) is 13.8 Å². The maximum Gasteiger partial charge on any atom is 0.286 e. The Morgan fingerprint density at radius 1 is 1.42 bits per heavy atom. The maximum absolute atomic E-state index is 11.7. The largest absolute Gasteiger partial charge is 0.455 e. The van der Waals surface area contributed by atoms with Crippen molar-refractivity contribution in [2.24, 2.45) is 5.92 Å². The molecular formula is C15H24N2O2. The molecule has 1 N–H and O–H groups in total. The molecule has 0 radical (unpaired) electrons. The average Bonchev–Trinajstić information content (AvgIpc) is 2.87. The van der Waals surface area contributed by atoms with Gasteiger partial charge in [0, 0.05) is 6.54 Å². The van der Waals surface area contributed by atoms with Crippen molar-refractivity contribution in [2.75, 3.05) is 19.6 Å². The van der Waals surface area contributed by atoms with E-state index in [0.717, 1.165) is 37.7 Å². The van der Waals surface area contributed by atoms with E-state index >= 15 is 0 Å². The third kappa shape index (κ3) is 4.10. The van der Waals surface area contributed by atoms with Crippen molar-refractivity contribution in [1.82, 2.24) is 10.2 Å². The van der Waals surface area contributed by atoms with Crippen LogP contribution < -0.4 is 5.32 Å². The highest BCUT2D eigenvalue weighted by Gasteiger charge is 2.17. The molecule has 0 aromatic carbocycles. The Bertz CT molecular complexity index is 406. The molecule has 4 heteroatoms. The fraction of sp³-hybridized carbons (Fsp3) is 0.667. The Labute approximate surface area is 115 Å². The van der Waals surface area contributed by atoms with E-state index in [2.05, 4.69) is 17.1 Å². The second-order valence-electron chi connectivity index (χ2n) is 5.48. The van der Waals surface area contributed by atoms with Crippen molar-refractivity contribution in [2.45, 2.75) is 39.7 Å². The molecule has 4 nitrogen and oxygen atoms in total. The van der Waals surface area contributed by atoms with Crippen molar-refractivity contribution >= 4 is 5.91 Å². The van der Waals surface area contributed by atoms with Crippen LogP contribution >= 0.6 is 0 Å². The van der Waals surface area contributed by atoms with Gasteiger partial charge < -0.3 is 9.73 Å². The number of hydrogen-bond acceptors (Lipinski definition) is 3. The van der Waals surface area contributed by atoms with Gasteiger partial charge in [-0.15, -0.1) is 0 Å². The molecule has 1 aliphatic rings. The van der Waals surface area contributed by atoms with Gasteiger partial charge in [0.05, 0.1) is 6.54 Å². The van der Waals surface area contributed by atoms with Crippen LogP contribution in [0.1, 0.15) is 49.4 Å². The normalized spacial score (nSPS) is 17.6. The number of carbonyl (C=O) groups excluding carboxylic acids is 1. The van der Waals surface area contributed by atoms with Crippen LogP contribution in [0.3, 0.4) is 0 Å². The lowest BCUT2D eigenvalue weighted by molar-refractivity contribution is 0.0920. The molecule has 0 unspecified atom stereocenters. The molecule has 1 aromatic rings. The summed E-state index contributed by atoms with van der Waals surface area (Å²) in [5.74, 6) is 2.04. The molecule has 1 aliphatic heterocycles. The zero-order valence-corrected chi connectivity index (χ0v) is 11.9. The van der Waals surface area contributed by atoms with Gasteiger partial charge in [0.1, 0.15) is 5.76 Å². The van der Waals surface area contributed by atoms with E-state index in [0.29, 0.717) is 12.3 Å². The zero-order chi connectivity index (χ0) is 13.7. The fourth-order valence-electron chi connectivity index (χ4n) is 2.35. The van der Waals surface area contributed by atoms with E-state index < -0.39 is 0 Å². The van der Waals surface area contributed by atoms with E-state index in [1.807, 2.05) is 13.0 Å². The number of nitrogens with zero attached hydrogens (tertiary/aromatic N) is 1. The molecule has 2 heterocycles. The van der Waals surface area contributed by atoms with Crippen LogP contribution in [0, 0.1) is 5.92 Å². The lowest BCUT2D eigenvalue weighted by Crippen LogP contribution is -2.32. The summed E-state index contributed by atoms with van der Waals surface area (Å²) in [6.45, 7) is 8.09. The second kappa shape index (κ2) is 6.75. The van der Waals surface area contributed by atoms with Gasteiger partial charge in [0.15, 0.2) is 5.76 Å². The summed E-state index contributed by atoms with van der Waals surface area (Å²) in [6.07, 6.45) is 3.44. The first-order valence-electron chi connectivity index (χ1n) is 7.28. The molecule has 106 valence electrons. The number of piperidine rings is 1. The van der Waals surface area contributed by atoms with Crippen LogP contribution in [0.25, 0.3) is 0 Å². The fourth-order valence-corrected chi connectivity index (χ4v) is 2.35. The van der Waals surface area contributed by atoms with Crippen molar-refractivity contribution < 1.29 is 9.21 Å². The molecule has 0 bridgehead atoms. The Kier molecular flexibility index (Phi) is 5.02. The number of hydrogen-bond donors (Lipinski definition) is 1. The first kappa shape index (κ1) is 14.1. The highest BCUT2D eigenvalue weighted by atomic mass is 16.4. The van der Waals surface area contributed by atoms with Crippen LogP contribution in [-0.4, -0.2) is 30.4 Å². The van der Waals surface area contributed by atoms with Crippen LogP contribution in [0.2, 0.25) is 0 Å². The smallest absolute Gasteiger partial charge is 0.286 e. The molecule has 0 atom stereocenters. The Morgan fingerprint density at radius 2 is 2.16 bits per heavy atom. The summed E-state index contributed by atoms with van der Waals surface area (Å²) in [7, 11) is 0. The van der Waals surface area contributed by atoms with E-state index in [-0.39, 0.29) is 5.91 Å². The third-order valence-corrected chi connectivity index (χ3v) is 3.68. The molecule has 19 heavy (non-hydrogen) atoms. The number of nitrogens with one attached hydrogen (secondary N) is 1. The van der Waals surface area contributed by atoms with Crippen LogP contribution in [0.5, 0.6) is 0 Å². The monoisotopic (exact) mass is 264 g/mol. The summed E-state index contributed by atoms with van der Waals surface area (Å²) in [5, 5.41) is 2.83. The molecule has 1 saturated heterocycles. The first-order chi connectivity index (χ1) is 9.19. The number of carbonyl (C=O) groups is 1. The minimum atomic E-state index is -0.111. The molecule has 1 aromatic heterocycles. The number of amides is 1. The number of likely N-dealkylation sites (tertiary alicyclic amines) is 1. The standard InChI is InChI=1S/C15H24N2O2/c1-3-8-16-15(18)14-5-4-13(19-14)11-17-9-6-12(2)7-10-17/h4-5,12H,3,6-11H2,1-2H3,(H,16,18). The van der Waals surface area contributed by atoms with E-state index in [1.165, 1.54) is 12.8 Å². The lowest BCUT2D eigenvalue weighted by atomic mass is 9.99. The first-order valence-corrected chi connectivity index (χ1v) is 7.28. The molecule has 0 aliphatic carbocycles. The topological polar surface area (TPSA) is 45.5 Å². The third-order valence-electron chi connectivity index (χ3n) is 3.68. The molecular weight excluding hydrogens is 240 g/mol. The predicted molar refractivity (Wildman–Crippen MR) is 75.0 cm³/mol. The summed E-state index contributed by atoms with van der Waals surface area (Å²) >= 11 is 0. The summed E-state index contributed by atoms with van der Waals surface area (Å²) in [5.41, 5.74) is 0. The van der Waals surface area contributed by atoms with Gasteiger partial charge in [0.25, 0.3) is 5.91 Å². The Balaban J connectivity index is 1.85. The Morgan fingerprint density at radius 3 is 2.84 bits per heavy atom. The molecule has 0 spiro atoms. The van der Waals surface area contributed by atoms with Crippen molar-refractivity contribution in [3.63, 3.8) is 0 Å². The molecule has 0 saturated carbocycles. The van der Waals surface area contributed by atoms with Gasteiger partial charge in [0.2, 0.25) is 0 Å². The predicted octanol–water partition coefficient (Wildman–Crippen LogP) is 2.65. The van der Waals surface area contributed by atoms with Gasteiger partial charge in [-0.2, -0.15) is 0 Å². The SMILES string of the molecule is CCCNC(=O)c1ccc(CN2CCC(C)CC2)o1. The average molecular weight is 264 g/mol. The van der Waals surface area contributed by atoms with Crippen molar-refractivity contribution in [1.29, 1.82) is 0 Å². The lowest BCUT2D eigenvalue weighted by Gasteiger charge is -2.29. The van der Waals surface area contributed by atoms with Gasteiger partial charge >= 0.3 is 0 Å². The minimum Gasteiger partial charge on any atom is -0.455 e. The Hall–Kier alpha value is -1.29. The molecule has 1 amide bonds. The molecule has 1 fully saturated rings. The maximum atomic E-state index is 11.7. The summed E-state index contributed by atoms with van der Waals surface area (Å²) in [4.78, 5) is 14.1. The quantitative estimate of drug-likeness (QED) is 0.889. The number of furan rings is 1. The van der Waals surface area contributed by atoms with Crippen LogP contribution in [0.15, 0.2) is 16.5 Å². The summed E-state index contributed by atoms with van der Waals surface area (Å²) < 4.78 is 5.62. The van der Waals surface area contributed by atoms with E-state index in [9.17, 15) is 4.79 Å². The highest BCUT2D eigenvalue weighted by molar-refractivity contribution is 5.91. The highest BCUT2D eigenvalue weighted by Crippen LogP contribution is 2.19. The van der Waals surface area contributed by atoms with E-state index in [1.54, 1.807) is 6.07 Å². The molecule has 2 rings (SSSR count). The summed E-state index contributed by atoms with van der Waals surface area (Å²) in [6, 6.07) is 3.69. The van der Waals surface area contributed by atoms with Crippen molar-refractivity contribution in [3.8, 4) is 0 Å². The van der Waals surface area contributed by atoms with Crippen molar-refractivity contribution in [3.05, 3.63) is 23.7 Å². The van der Waals surface area contributed by atoms with Gasteiger partial charge in [-0.05, 0) is 50.4 Å². The minimum absolute atomic E-state index is 0.111. The number of rotatable bonds is 5. The zero-order valence-electron chi connectivity index (χ0n) is 11.9. The van der Waals surface area contributed by atoms with Crippen LogP contribution in [0.4, 0.5) is 0 Å². The second-order valence-corrected chi connectivity index (χ2v) is 5.48. The van der Waals surface area contributed by atoms with Crippen LogP contribution in [-0.2, 0) is 6.54 Å². The van der Waals surface area contributed by atoms with E-state index in [4.69, 9.17) is 4.42 Å². The van der Waals surface area contributed by atoms with Gasteiger partial charge in [-0.3, -0.25) is 9.69 Å².